The van der Waals surface area contributed by atoms with Crippen LogP contribution in [-0.2, 0) is 16.0 Å². The van der Waals surface area contributed by atoms with Gasteiger partial charge in [-0.1, -0.05) is 12.1 Å². The summed E-state index contributed by atoms with van der Waals surface area (Å²) in [4.78, 5) is 12.4. The number of ether oxygens (including phenoxy) is 2. The fourth-order valence-corrected chi connectivity index (χ4v) is 3.97. The topological polar surface area (TPSA) is 65.4 Å². The van der Waals surface area contributed by atoms with Gasteiger partial charge in [-0.15, -0.1) is 0 Å². The molecular formula is C21H27N3O3. The van der Waals surface area contributed by atoms with Crippen LogP contribution in [0.25, 0.3) is 0 Å². The number of nitrogens with zero attached hydrogens (tertiary/aromatic N) is 2. The number of amides is 1. The van der Waals surface area contributed by atoms with Crippen LogP contribution >= 0.6 is 0 Å². The molecule has 1 aromatic heterocycles. The number of hydrogen-bond acceptors (Lipinski definition) is 4. The van der Waals surface area contributed by atoms with Crippen molar-refractivity contribution in [1.82, 2.24) is 15.1 Å². The Balaban J connectivity index is 1.29. The van der Waals surface area contributed by atoms with Crippen LogP contribution in [0.15, 0.2) is 30.3 Å². The van der Waals surface area contributed by atoms with Crippen molar-refractivity contribution in [2.45, 2.75) is 58.0 Å². The van der Waals surface area contributed by atoms with Crippen LogP contribution in [0, 0.1) is 13.8 Å². The Bertz CT molecular complexity index is 807. The summed E-state index contributed by atoms with van der Waals surface area (Å²) < 4.78 is 13.9. The summed E-state index contributed by atoms with van der Waals surface area (Å²) >= 11 is 0. The van der Waals surface area contributed by atoms with E-state index in [0.29, 0.717) is 25.3 Å². The molecule has 1 saturated carbocycles. The molecule has 1 saturated heterocycles. The van der Waals surface area contributed by atoms with Crippen molar-refractivity contribution in [3.63, 3.8) is 0 Å². The number of carbonyl (C=O) groups excluding carboxylic acids is 1. The van der Waals surface area contributed by atoms with E-state index in [1.54, 1.807) is 0 Å². The lowest BCUT2D eigenvalue weighted by molar-refractivity contribution is -0.161. The van der Waals surface area contributed by atoms with Crippen LogP contribution in [-0.4, -0.2) is 40.7 Å². The van der Waals surface area contributed by atoms with Crippen molar-refractivity contribution in [2.24, 2.45) is 0 Å². The summed E-state index contributed by atoms with van der Waals surface area (Å²) in [6, 6.07) is 9.75. The zero-order chi connectivity index (χ0) is 18.9. The highest BCUT2D eigenvalue weighted by Crippen LogP contribution is 2.38. The lowest BCUT2D eigenvalue weighted by atomic mass is 10.1. The SMILES string of the molecule is Cc1cc(C)n(Cc2ccc(C(=O)NCC3COC4(CCCC4)O3)cc2)n1. The number of hydrogen-bond donors (Lipinski definition) is 1. The van der Waals surface area contributed by atoms with Crippen LogP contribution in [0.2, 0.25) is 0 Å². The summed E-state index contributed by atoms with van der Waals surface area (Å²) in [6.45, 7) is 5.78. The maximum atomic E-state index is 12.4. The molecule has 6 heteroatoms. The first-order valence-corrected chi connectivity index (χ1v) is 9.73. The monoisotopic (exact) mass is 369 g/mol. The average molecular weight is 369 g/mol. The Labute approximate surface area is 159 Å². The molecule has 6 nitrogen and oxygen atoms in total. The molecule has 1 unspecified atom stereocenters. The lowest BCUT2D eigenvalue weighted by Crippen LogP contribution is -2.35. The molecular weight excluding hydrogens is 342 g/mol. The summed E-state index contributed by atoms with van der Waals surface area (Å²) in [6.07, 6.45) is 4.19. The molecule has 1 atom stereocenters. The third-order valence-corrected chi connectivity index (χ3v) is 5.42. The highest BCUT2D eigenvalue weighted by molar-refractivity contribution is 5.94. The quantitative estimate of drug-likeness (QED) is 0.880. The van der Waals surface area contributed by atoms with E-state index in [1.807, 2.05) is 42.8 Å². The van der Waals surface area contributed by atoms with Gasteiger partial charge in [-0.2, -0.15) is 5.10 Å². The minimum absolute atomic E-state index is 0.0580. The summed E-state index contributed by atoms with van der Waals surface area (Å²) in [5, 5.41) is 7.45. The molecule has 0 bridgehead atoms. The number of nitrogens with one attached hydrogen (secondary N) is 1. The Morgan fingerprint density at radius 1 is 1.26 bits per heavy atom. The smallest absolute Gasteiger partial charge is 0.251 e. The van der Waals surface area contributed by atoms with Crippen molar-refractivity contribution in [3.05, 3.63) is 52.8 Å². The Morgan fingerprint density at radius 2 is 2.00 bits per heavy atom. The number of aryl methyl sites for hydroxylation is 2. The summed E-state index contributed by atoms with van der Waals surface area (Å²) in [5.41, 5.74) is 3.92. The van der Waals surface area contributed by atoms with Gasteiger partial charge >= 0.3 is 0 Å². The fourth-order valence-electron chi connectivity index (χ4n) is 3.97. The minimum Gasteiger partial charge on any atom is -0.349 e. The van der Waals surface area contributed by atoms with Gasteiger partial charge < -0.3 is 14.8 Å². The molecule has 2 fully saturated rings. The summed E-state index contributed by atoms with van der Waals surface area (Å²) in [5.74, 6) is -0.455. The number of rotatable bonds is 5. The van der Waals surface area contributed by atoms with Crippen molar-refractivity contribution < 1.29 is 14.3 Å². The first-order chi connectivity index (χ1) is 13.0. The second-order valence-electron chi connectivity index (χ2n) is 7.66. The van der Waals surface area contributed by atoms with E-state index in [1.165, 1.54) is 0 Å². The highest BCUT2D eigenvalue weighted by Gasteiger charge is 2.43. The van der Waals surface area contributed by atoms with Crippen molar-refractivity contribution in [2.75, 3.05) is 13.2 Å². The van der Waals surface area contributed by atoms with Gasteiger partial charge in [0, 0.05) is 30.6 Å². The molecule has 2 heterocycles. The van der Waals surface area contributed by atoms with E-state index in [9.17, 15) is 4.79 Å². The van der Waals surface area contributed by atoms with Crippen LogP contribution in [0.4, 0.5) is 0 Å². The van der Waals surface area contributed by atoms with Crippen molar-refractivity contribution in [3.8, 4) is 0 Å². The van der Waals surface area contributed by atoms with E-state index in [2.05, 4.69) is 16.5 Å². The van der Waals surface area contributed by atoms with E-state index >= 15 is 0 Å². The molecule has 4 rings (SSSR count). The molecule has 1 aliphatic heterocycles. The first kappa shape index (κ1) is 18.2. The largest absolute Gasteiger partial charge is 0.349 e. The maximum absolute atomic E-state index is 12.4. The van der Waals surface area contributed by atoms with E-state index in [-0.39, 0.29) is 17.8 Å². The number of aromatic nitrogens is 2. The highest BCUT2D eigenvalue weighted by atomic mass is 16.7. The van der Waals surface area contributed by atoms with Gasteiger partial charge in [-0.05, 0) is 50.5 Å². The predicted octanol–water partition coefficient (Wildman–Crippen LogP) is 2.96. The molecule has 144 valence electrons. The minimum atomic E-state index is -0.375. The van der Waals surface area contributed by atoms with Gasteiger partial charge in [0.1, 0.15) is 6.10 Å². The van der Waals surface area contributed by atoms with Gasteiger partial charge in [0.25, 0.3) is 5.91 Å². The van der Waals surface area contributed by atoms with E-state index in [0.717, 1.165) is 42.6 Å². The molecule has 2 aromatic rings. The molecule has 0 radical (unpaired) electrons. The van der Waals surface area contributed by atoms with Gasteiger partial charge in [-0.25, -0.2) is 0 Å². The van der Waals surface area contributed by atoms with Gasteiger partial charge in [0.2, 0.25) is 0 Å². The Kier molecular flexibility index (Phi) is 5.02. The van der Waals surface area contributed by atoms with Gasteiger partial charge in [-0.3, -0.25) is 9.48 Å². The second kappa shape index (κ2) is 7.44. The van der Waals surface area contributed by atoms with E-state index in [4.69, 9.17) is 9.47 Å². The molecule has 27 heavy (non-hydrogen) atoms. The third kappa shape index (κ3) is 4.06. The van der Waals surface area contributed by atoms with Crippen LogP contribution in [0.1, 0.15) is 53.0 Å². The Morgan fingerprint density at radius 3 is 2.67 bits per heavy atom. The number of benzene rings is 1. The zero-order valence-electron chi connectivity index (χ0n) is 16.0. The fraction of sp³-hybridized carbons (Fsp3) is 0.524. The molecule has 1 N–H and O–H groups in total. The van der Waals surface area contributed by atoms with Crippen molar-refractivity contribution in [1.29, 1.82) is 0 Å². The number of carbonyl (C=O) groups is 1. The van der Waals surface area contributed by atoms with Gasteiger partial charge in [0.15, 0.2) is 5.79 Å². The van der Waals surface area contributed by atoms with Crippen LogP contribution in [0.3, 0.4) is 0 Å². The lowest BCUT2D eigenvalue weighted by Gasteiger charge is -2.21. The van der Waals surface area contributed by atoms with Gasteiger partial charge in [0.05, 0.1) is 18.8 Å². The first-order valence-electron chi connectivity index (χ1n) is 9.73. The molecule has 2 aliphatic rings. The molecule has 1 spiro atoms. The molecule has 1 aromatic carbocycles. The van der Waals surface area contributed by atoms with Crippen molar-refractivity contribution >= 4 is 5.91 Å². The third-order valence-electron chi connectivity index (χ3n) is 5.42. The average Bonchev–Trinajstić information content (AvgIpc) is 3.36. The molecule has 1 aliphatic carbocycles. The van der Waals surface area contributed by atoms with Crippen LogP contribution in [0.5, 0.6) is 0 Å². The van der Waals surface area contributed by atoms with Crippen LogP contribution < -0.4 is 5.32 Å². The molecule has 1 amide bonds. The maximum Gasteiger partial charge on any atom is 0.251 e. The summed E-state index contributed by atoms with van der Waals surface area (Å²) in [7, 11) is 0. The standard InChI is InChI=1S/C21H27N3O3/c1-15-11-16(2)24(23-15)13-17-5-7-18(8-6-17)20(25)22-12-19-14-26-21(27-19)9-3-4-10-21/h5-8,11,19H,3-4,9-10,12-14H2,1-2H3,(H,22,25). The predicted molar refractivity (Wildman–Crippen MR) is 102 cm³/mol. The zero-order valence-corrected chi connectivity index (χ0v) is 16.0. The van der Waals surface area contributed by atoms with E-state index < -0.39 is 0 Å². The normalized spacial score (nSPS) is 21.0. The second-order valence-corrected chi connectivity index (χ2v) is 7.66. The Hall–Kier alpha value is -2.18.